The van der Waals surface area contributed by atoms with Crippen LogP contribution in [0.5, 0.6) is 0 Å². The molecule has 0 aromatic carbocycles. The summed E-state index contributed by atoms with van der Waals surface area (Å²) in [5, 5.41) is 12.3. The molecule has 1 aromatic heterocycles. The second-order valence-corrected chi connectivity index (χ2v) is 5.41. The molecule has 1 fully saturated rings. The van der Waals surface area contributed by atoms with Crippen molar-refractivity contribution in [2.45, 2.75) is 44.7 Å². The first-order valence-corrected chi connectivity index (χ1v) is 6.38. The number of amides is 1. The van der Waals surface area contributed by atoms with Crippen molar-refractivity contribution in [2.75, 3.05) is 12.3 Å². The second-order valence-electron chi connectivity index (χ2n) is 5.41. The zero-order chi connectivity index (χ0) is 13.3. The number of hydrogen-bond donors (Lipinski definition) is 3. The summed E-state index contributed by atoms with van der Waals surface area (Å²) in [6.07, 6.45) is 4.50. The number of nitrogens with two attached hydrogens (primary N) is 1. The zero-order valence-corrected chi connectivity index (χ0v) is 10.9. The second kappa shape index (κ2) is 4.65. The Hall–Kier alpha value is -1.49. The lowest BCUT2D eigenvalue weighted by atomic mass is 9.77. The summed E-state index contributed by atoms with van der Waals surface area (Å²) in [7, 11) is 0. The van der Waals surface area contributed by atoms with E-state index in [0.29, 0.717) is 11.4 Å². The minimum Gasteiger partial charge on any atom is -0.397 e. The Kier molecular flexibility index (Phi) is 3.34. The summed E-state index contributed by atoms with van der Waals surface area (Å²) < 4.78 is 1.86. The van der Waals surface area contributed by atoms with Crippen LogP contribution in [-0.2, 0) is 0 Å². The van der Waals surface area contributed by atoms with Crippen LogP contribution in [0.4, 0.5) is 5.69 Å². The molecule has 0 saturated heterocycles. The van der Waals surface area contributed by atoms with Crippen LogP contribution in [0.1, 0.15) is 49.6 Å². The van der Waals surface area contributed by atoms with Gasteiger partial charge in [-0.3, -0.25) is 4.79 Å². The Balaban J connectivity index is 2.18. The summed E-state index contributed by atoms with van der Waals surface area (Å²) in [4.78, 5) is 12.3. The third-order valence-corrected chi connectivity index (χ3v) is 3.65. The van der Waals surface area contributed by atoms with E-state index in [4.69, 9.17) is 5.73 Å². The number of carbonyl (C=O) groups is 1. The number of nitrogens with zero attached hydrogens (tertiary/aromatic N) is 1. The number of anilines is 1. The van der Waals surface area contributed by atoms with E-state index in [0.717, 1.165) is 19.3 Å². The average Bonchev–Trinajstić information content (AvgIpc) is 2.66. The molecule has 0 spiro atoms. The fraction of sp³-hybridized carbons (Fsp3) is 0.615. The van der Waals surface area contributed by atoms with Gasteiger partial charge in [-0.1, -0.05) is 0 Å². The highest BCUT2D eigenvalue weighted by Gasteiger charge is 2.38. The number of aliphatic hydroxyl groups is 1. The standard InChI is InChI=1S/C13H21N3O2/c1-9(2)16-7-10(14)6-11(16)12(18)15-13(8-17)4-3-5-13/h6-7,9,17H,3-5,8,14H2,1-2H3,(H,15,18). The molecule has 1 heterocycles. The van der Waals surface area contributed by atoms with E-state index in [2.05, 4.69) is 5.32 Å². The monoisotopic (exact) mass is 251 g/mol. The summed E-state index contributed by atoms with van der Waals surface area (Å²) in [6, 6.07) is 1.86. The van der Waals surface area contributed by atoms with Gasteiger partial charge in [-0.25, -0.2) is 0 Å². The van der Waals surface area contributed by atoms with Crippen molar-refractivity contribution in [1.82, 2.24) is 9.88 Å². The van der Waals surface area contributed by atoms with Gasteiger partial charge in [0.15, 0.2) is 0 Å². The molecule has 1 aliphatic rings. The fourth-order valence-electron chi connectivity index (χ4n) is 2.34. The normalized spacial score (nSPS) is 17.6. The predicted molar refractivity (Wildman–Crippen MR) is 70.4 cm³/mol. The average molecular weight is 251 g/mol. The van der Waals surface area contributed by atoms with Gasteiger partial charge in [-0.2, -0.15) is 0 Å². The molecule has 4 N–H and O–H groups in total. The van der Waals surface area contributed by atoms with Crippen LogP contribution >= 0.6 is 0 Å². The Morgan fingerprint density at radius 2 is 2.28 bits per heavy atom. The number of aliphatic hydroxyl groups excluding tert-OH is 1. The SMILES string of the molecule is CC(C)n1cc(N)cc1C(=O)NC1(CO)CCC1. The van der Waals surface area contributed by atoms with Gasteiger partial charge in [0.1, 0.15) is 5.69 Å². The molecule has 1 aromatic rings. The van der Waals surface area contributed by atoms with Crippen molar-refractivity contribution in [3.8, 4) is 0 Å². The Morgan fingerprint density at radius 3 is 2.72 bits per heavy atom. The maximum atomic E-state index is 12.3. The molecule has 100 valence electrons. The van der Waals surface area contributed by atoms with Crippen molar-refractivity contribution in [3.63, 3.8) is 0 Å². The van der Waals surface area contributed by atoms with Gasteiger partial charge < -0.3 is 20.7 Å². The molecule has 0 aliphatic heterocycles. The molecule has 0 bridgehead atoms. The first-order chi connectivity index (χ1) is 8.47. The summed E-state index contributed by atoms with van der Waals surface area (Å²) in [5.74, 6) is -0.158. The van der Waals surface area contributed by atoms with E-state index in [1.807, 2.05) is 18.4 Å². The number of nitrogen functional groups attached to an aromatic ring is 1. The maximum absolute atomic E-state index is 12.3. The molecule has 0 unspecified atom stereocenters. The zero-order valence-electron chi connectivity index (χ0n) is 10.9. The van der Waals surface area contributed by atoms with Gasteiger partial charge in [-0.15, -0.1) is 0 Å². The van der Waals surface area contributed by atoms with E-state index >= 15 is 0 Å². The largest absolute Gasteiger partial charge is 0.397 e. The van der Waals surface area contributed by atoms with Crippen LogP contribution in [0.2, 0.25) is 0 Å². The number of hydrogen-bond acceptors (Lipinski definition) is 3. The number of rotatable bonds is 4. The molecule has 1 amide bonds. The van der Waals surface area contributed by atoms with Crippen molar-refractivity contribution >= 4 is 11.6 Å². The predicted octanol–water partition coefficient (Wildman–Crippen LogP) is 1.30. The first-order valence-electron chi connectivity index (χ1n) is 6.38. The summed E-state index contributed by atoms with van der Waals surface area (Å²) in [6.45, 7) is 4.00. The van der Waals surface area contributed by atoms with Gasteiger partial charge >= 0.3 is 0 Å². The minimum absolute atomic E-state index is 0.00336. The maximum Gasteiger partial charge on any atom is 0.268 e. The highest BCUT2D eigenvalue weighted by molar-refractivity contribution is 5.94. The fourth-order valence-corrected chi connectivity index (χ4v) is 2.34. The van der Waals surface area contributed by atoms with Crippen molar-refractivity contribution in [1.29, 1.82) is 0 Å². The lowest BCUT2D eigenvalue weighted by Gasteiger charge is -2.41. The lowest BCUT2D eigenvalue weighted by molar-refractivity contribution is 0.0633. The molecule has 5 nitrogen and oxygen atoms in total. The summed E-state index contributed by atoms with van der Waals surface area (Å²) in [5.41, 5.74) is 6.47. The van der Waals surface area contributed by atoms with Crippen LogP contribution in [0.25, 0.3) is 0 Å². The van der Waals surface area contributed by atoms with E-state index in [-0.39, 0.29) is 18.6 Å². The molecular weight excluding hydrogens is 230 g/mol. The van der Waals surface area contributed by atoms with Crippen LogP contribution in [0.3, 0.4) is 0 Å². The molecular formula is C13H21N3O2. The molecule has 1 aliphatic carbocycles. The van der Waals surface area contributed by atoms with Crippen molar-refractivity contribution < 1.29 is 9.90 Å². The molecule has 18 heavy (non-hydrogen) atoms. The minimum atomic E-state index is -0.419. The smallest absolute Gasteiger partial charge is 0.268 e. The topological polar surface area (TPSA) is 80.3 Å². The van der Waals surface area contributed by atoms with Crippen molar-refractivity contribution in [3.05, 3.63) is 18.0 Å². The van der Waals surface area contributed by atoms with E-state index in [1.165, 1.54) is 0 Å². The summed E-state index contributed by atoms with van der Waals surface area (Å²) >= 11 is 0. The number of carbonyl (C=O) groups excluding carboxylic acids is 1. The van der Waals surface area contributed by atoms with E-state index in [1.54, 1.807) is 12.3 Å². The van der Waals surface area contributed by atoms with Crippen molar-refractivity contribution in [2.24, 2.45) is 0 Å². The third kappa shape index (κ3) is 2.22. The quantitative estimate of drug-likeness (QED) is 0.754. The van der Waals surface area contributed by atoms with E-state index in [9.17, 15) is 9.90 Å². The molecule has 0 atom stereocenters. The molecule has 1 saturated carbocycles. The van der Waals surface area contributed by atoms with Gasteiger partial charge in [-0.05, 0) is 39.2 Å². The van der Waals surface area contributed by atoms with E-state index < -0.39 is 5.54 Å². The number of nitrogens with one attached hydrogen (secondary N) is 1. The highest BCUT2D eigenvalue weighted by atomic mass is 16.3. The van der Waals surface area contributed by atoms with Crippen LogP contribution in [0.15, 0.2) is 12.3 Å². The molecule has 2 rings (SSSR count). The van der Waals surface area contributed by atoms with Crippen LogP contribution < -0.4 is 11.1 Å². The van der Waals surface area contributed by atoms with Gasteiger partial charge in [0.2, 0.25) is 0 Å². The van der Waals surface area contributed by atoms with Gasteiger partial charge in [0.25, 0.3) is 5.91 Å². The van der Waals surface area contributed by atoms with Crippen LogP contribution in [0, 0.1) is 0 Å². The van der Waals surface area contributed by atoms with Crippen LogP contribution in [-0.4, -0.2) is 27.7 Å². The third-order valence-electron chi connectivity index (χ3n) is 3.65. The highest BCUT2D eigenvalue weighted by Crippen LogP contribution is 2.31. The van der Waals surface area contributed by atoms with Gasteiger partial charge in [0, 0.05) is 12.2 Å². The first kappa shape index (κ1) is 13.0. The van der Waals surface area contributed by atoms with Gasteiger partial charge in [0.05, 0.1) is 17.8 Å². The molecule has 5 heteroatoms. The Morgan fingerprint density at radius 1 is 1.61 bits per heavy atom. The lowest BCUT2D eigenvalue weighted by Crippen LogP contribution is -2.56. The number of aromatic nitrogens is 1. The molecule has 0 radical (unpaired) electrons. The Bertz CT molecular complexity index is 442. The Labute approximate surface area is 107 Å².